The molecule has 1 aliphatic rings. The Hall–Kier alpha value is -0.870. The molecule has 2 nitrogen and oxygen atoms in total. The van der Waals surface area contributed by atoms with Crippen molar-refractivity contribution in [1.29, 1.82) is 0 Å². The number of carbonyl (C=O) groups excluding carboxylic acids is 1. The molecule has 78 valence electrons. The van der Waals surface area contributed by atoms with E-state index in [1.54, 1.807) is 17.1 Å². The van der Waals surface area contributed by atoms with Crippen molar-refractivity contribution < 1.29 is 4.79 Å². The Bertz CT molecular complexity index is 366. The highest BCUT2D eigenvalue weighted by Gasteiger charge is 2.29. The first-order valence-corrected chi connectivity index (χ1v) is 6.23. The Morgan fingerprint density at radius 1 is 1.47 bits per heavy atom. The lowest BCUT2D eigenvalue weighted by molar-refractivity contribution is -0.127. The average molecular weight is 237 g/mol. The number of thioether (sulfide) groups is 1. The summed E-state index contributed by atoms with van der Waals surface area (Å²) in [6, 6.07) is 9.99. The molecule has 0 N–H and O–H groups in total. The summed E-state index contributed by atoms with van der Waals surface area (Å²) in [5, 5.41) is 1.73. The zero-order valence-electron chi connectivity index (χ0n) is 8.13. The lowest BCUT2D eigenvalue weighted by atomic mass is 10.2. The molecule has 1 aromatic carbocycles. The third-order valence-corrected chi connectivity index (χ3v) is 3.89. The quantitative estimate of drug-likeness (QED) is 0.751. The number of thiocarbonyl (C=S) groups is 1. The fourth-order valence-electron chi connectivity index (χ4n) is 1.54. The SMILES string of the molecule is O=C1CSC(C=S)N1Cc1ccccc1. The predicted molar refractivity (Wildman–Crippen MR) is 66.9 cm³/mol. The average Bonchev–Trinajstić information content (AvgIpc) is 2.62. The van der Waals surface area contributed by atoms with Gasteiger partial charge in [0.15, 0.2) is 0 Å². The first-order chi connectivity index (χ1) is 7.31. The van der Waals surface area contributed by atoms with Gasteiger partial charge in [-0.15, -0.1) is 11.8 Å². The second-order valence-corrected chi connectivity index (χ2v) is 4.72. The fraction of sp³-hybridized carbons (Fsp3) is 0.273. The van der Waals surface area contributed by atoms with Crippen LogP contribution in [0.1, 0.15) is 5.56 Å². The van der Waals surface area contributed by atoms with Gasteiger partial charge in [-0.3, -0.25) is 4.79 Å². The highest BCUT2D eigenvalue weighted by molar-refractivity contribution is 8.02. The Morgan fingerprint density at radius 3 is 2.87 bits per heavy atom. The molecule has 0 aromatic heterocycles. The van der Waals surface area contributed by atoms with Crippen LogP contribution in [0.2, 0.25) is 0 Å². The fourth-order valence-corrected chi connectivity index (χ4v) is 2.85. The molecule has 1 atom stereocenters. The van der Waals surface area contributed by atoms with Crippen LogP contribution in [0.3, 0.4) is 0 Å². The van der Waals surface area contributed by atoms with Gasteiger partial charge in [-0.25, -0.2) is 0 Å². The number of carbonyl (C=O) groups is 1. The monoisotopic (exact) mass is 237 g/mol. The Balaban J connectivity index is 2.10. The van der Waals surface area contributed by atoms with E-state index in [-0.39, 0.29) is 11.3 Å². The van der Waals surface area contributed by atoms with Gasteiger partial charge in [0.05, 0.1) is 5.75 Å². The lowest BCUT2D eigenvalue weighted by Crippen LogP contribution is -2.32. The standard InChI is InChI=1S/C11H11NOS2/c13-10-8-15-11(7-14)12(10)6-9-4-2-1-3-5-9/h1-5,7,11H,6,8H2. The van der Waals surface area contributed by atoms with Crippen LogP contribution in [0.4, 0.5) is 0 Å². The minimum absolute atomic E-state index is 0.0627. The van der Waals surface area contributed by atoms with Crippen molar-refractivity contribution in [1.82, 2.24) is 4.90 Å². The topological polar surface area (TPSA) is 20.3 Å². The first kappa shape index (κ1) is 10.6. The van der Waals surface area contributed by atoms with E-state index in [1.165, 1.54) is 0 Å². The highest BCUT2D eigenvalue weighted by Crippen LogP contribution is 2.25. The molecule has 0 radical (unpaired) electrons. The van der Waals surface area contributed by atoms with Crippen LogP contribution in [0.15, 0.2) is 30.3 Å². The zero-order chi connectivity index (χ0) is 10.7. The van der Waals surface area contributed by atoms with Crippen LogP contribution in [-0.2, 0) is 11.3 Å². The van der Waals surface area contributed by atoms with Gasteiger partial charge in [0.25, 0.3) is 0 Å². The molecular weight excluding hydrogens is 226 g/mol. The Morgan fingerprint density at radius 2 is 2.20 bits per heavy atom. The summed E-state index contributed by atoms with van der Waals surface area (Å²) in [6.45, 7) is 0.657. The number of rotatable bonds is 3. The highest BCUT2D eigenvalue weighted by atomic mass is 32.2. The molecule has 1 aromatic rings. The van der Waals surface area contributed by atoms with Gasteiger partial charge < -0.3 is 4.90 Å². The van der Waals surface area contributed by atoms with E-state index in [1.807, 2.05) is 35.2 Å². The molecule has 1 fully saturated rings. The summed E-state index contributed by atoms with van der Waals surface area (Å²) in [7, 11) is 0. The minimum Gasteiger partial charge on any atom is -0.321 e. The number of benzene rings is 1. The van der Waals surface area contributed by atoms with Gasteiger partial charge >= 0.3 is 0 Å². The second-order valence-electron chi connectivity index (χ2n) is 3.34. The van der Waals surface area contributed by atoms with Crippen LogP contribution in [0.5, 0.6) is 0 Å². The van der Waals surface area contributed by atoms with Gasteiger partial charge in [-0.2, -0.15) is 0 Å². The third kappa shape index (κ3) is 2.38. The van der Waals surface area contributed by atoms with Crippen LogP contribution in [0.25, 0.3) is 0 Å². The van der Waals surface area contributed by atoms with Gasteiger partial charge in [-0.1, -0.05) is 42.5 Å². The van der Waals surface area contributed by atoms with Crippen molar-refractivity contribution in [3.63, 3.8) is 0 Å². The molecule has 1 aliphatic heterocycles. The molecule has 1 heterocycles. The van der Waals surface area contributed by atoms with E-state index in [2.05, 4.69) is 0 Å². The van der Waals surface area contributed by atoms with Crippen LogP contribution in [-0.4, -0.2) is 27.3 Å². The van der Waals surface area contributed by atoms with Gasteiger partial charge in [-0.05, 0) is 5.56 Å². The largest absolute Gasteiger partial charge is 0.321 e. The minimum atomic E-state index is 0.0627. The number of hydrogen-bond donors (Lipinski definition) is 0. The van der Waals surface area contributed by atoms with Crippen LogP contribution in [0, 0.1) is 0 Å². The summed E-state index contributed by atoms with van der Waals surface area (Å²) >= 11 is 6.51. The molecule has 0 spiro atoms. The third-order valence-electron chi connectivity index (χ3n) is 2.32. The van der Waals surface area contributed by atoms with Crippen molar-refractivity contribution in [3.05, 3.63) is 35.9 Å². The molecular formula is C11H11NOS2. The molecule has 15 heavy (non-hydrogen) atoms. The van der Waals surface area contributed by atoms with E-state index in [0.717, 1.165) is 5.56 Å². The van der Waals surface area contributed by atoms with Gasteiger partial charge in [0.2, 0.25) is 5.91 Å². The summed E-state index contributed by atoms with van der Waals surface area (Å²) in [5.41, 5.74) is 1.15. The summed E-state index contributed by atoms with van der Waals surface area (Å²) in [5.74, 6) is 0.722. The van der Waals surface area contributed by atoms with Crippen molar-refractivity contribution in [3.8, 4) is 0 Å². The normalized spacial score (nSPS) is 20.7. The van der Waals surface area contributed by atoms with Crippen molar-refractivity contribution in [2.45, 2.75) is 11.9 Å². The molecule has 1 amide bonds. The van der Waals surface area contributed by atoms with E-state index in [4.69, 9.17) is 12.2 Å². The summed E-state index contributed by atoms with van der Waals surface area (Å²) in [4.78, 5) is 13.4. The zero-order valence-corrected chi connectivity index (χ0v) is 9.76. The first-order valence-electron chi connectivity index (χ1n) is 4.71. The maximum absolute atomic E-state index is 11.6. The van der Waals surface area contributed by atoms with E-state index < -0.39 is 0 Å². The smallest absolute Gasteiger partial charge is 0.234 e. The van der Waals surface area contributed by atoms with Crippen LogP contribution < -0.4 is 0 Å². The predicted octanol–water partition coefficient (Wildman–Crippen LogP) is 2.09. The summed E-state index contributed by atoms with van der Waals surface area (Å²) < 4.78 is 0. The molecule has 4 heteroatoms. The van der Waals surface area contributed by atoms with Gasteiger partial charge in [0, 0.05) is 11.9 Å². The van der Waals surface area contributed by atoms with E-state index in [0.29, 0.717) is 12.3 Å². The van der Waals surface area contributed by atoms with E-state index in [9.17, 15) is 4.79 Å². The molecule has 0 aliphatic carbocycles. The molecule has 1 saturated heterocycles. The number of amides is 1. The molecule has 1 unspecified atom stereocenters. The Kier molecular flexibility index (Phi) is 3.38. The number of hydrogen-bond acceptors (Lipinski definition) is 3. The maximum atomic E-state index is 11.6. The van der Waals surface area contributed by atoms with Gasteiger partial charge in [0.1, 0.15) is 5.37 Å². The molecule has 0 bridgehead atoms. The molecule has 2 rings (SSSR count). The Labute approximate surface area is 98.7 Å². The number of nitrogens with zero attached hydrogens (tertiary/aromatic N) is 1. The van der Waals surface area contributed by atoms with Crippen molar-refractivity contribution >= 4 is 35.3 Å². The van der Waals surface area contributed by atoms with Crippen molar-refractivity contribution in [2.24, 2.45) is 0 Å². The lowest BCUT2D eigenvalue weighted by Gasteiger charge is -2.20. The summed E-state index contributed by atoms with van der Waals surface area (Å²) in [6.07, 6.45) is 0. The maximum Gasteiger partial charge on any atom is 0.234 e. The van der Waals surface area contributed by atoms with Crippen LogP contribution >= 0.6 is 24.0 Å². The molecule has 0 saturated carbocycles. The van der Waals surface area contributed by atoms with Crippen molar-refractivity contribution in [2.75, 3.05) is 5.75 Å². The second kappa shape index (κ2) is 4.77. The van der Waals surface area contributed by atoms with E-state index >= 15 is 0 Å².